The first-order valence-corrected chi connectivity index (χ1v) is 6.71. The van der Waals surface area contributed by atoms with Crippen LogP contribution in [0.25, 0.3) is 0 Å². The highest BCUT2D eigenvalue weighted by Gasteiger charge is 2.24. The summed E-state index contributed by atoms with van der Waals surface area (Å²) in [6.07, 6.45) is 3.70. The first-order chi connectivity index (χ1) is 8.63. The summed E-state index contributed by atoms with van der Waals surface area (Å²) >= 11 is 0. The highest BCUT2D eigenvalue weighted by atomic mass is 16.3. The average molecular weight is 249 g/mol. The molecule has 0 saturated carbocycles. The van der Waals surface area contributed by atoms with E-state index in [4.69, 9.17) is 5.73 Å². The number of hydrogen-bond donors (Lipinski definition) is 2. The Hall–Kier alpha value is -1.13. The van der Waals surface area contributed by atoms with Crippen LogP contribution in [0.1, 0.15) is 30.9 Å². The highest BCUT2D eigenvalue weighted by molar-refractivity contribution is 5.50. The van der Waals surface area contributed by atoms with Crippen LogP contribution in [-0.2, 0) is 6.54 Å². The summed E-state index contributed by atoms with van der Waals surface area (Å²) in [5, 5.41) is 9.62. The molecule has 0 aromatic carbocycles. The van der Waals surface area contributed by atoms with Gasteiger partial charge in [-0.05, 0) is 44.2 Å². The quantitative estimate of drug-likeness (QED) is 0.851. The molecule has 18 heavy (non-hydrogen) atoms. The molecule has 4 nitrogen and oxygen atoms in total. The number of aliphatic hydroxyl groups is 1. The highest BCUT2D eigenvalue weighted by Crippen LogP contribution is 2.27. The van der Waals surface area contributed by atoms with Crippen molar-refractivity contribution < 1.29 is 5.11 Å². The molecule has 1 saturated heterocycles. The lowest BCUT2D eigenvalue weighted by Crippen LogP contribution is -2.38. The molecular formula is C14H23N3O. The SMILES string of the molecule is Cc1ccnc(N2CCC(C(C)O)CC2)c1CN. The number of nitrogens with zero attached hydrogens (tertiary/aromatic N) is 2. The van der Waals surface area contributed by atoms with Crippen molar-refractivity contribution in [1.82, 2.24) is 4.98 Å². The van der Waals surface area contributed by atoms with Crippen molar-refractivity contribution >= 4 is 5.82 Å². The smallest absolute Gasteiger partial charge is 0.133 e. The molecule has 100 valence electrons. The second kappa shape index (κ2) is 5.67. The summed E-state index contributed by atoms with van der Waals surface area (Å²) < 4.78 is 0. The zero-order valence-electron chi connectivity index (χ0n) is 11.3. The van der Waals surface area contributed by atoms with E-state index in [-0.39, 0.29) is 6.10 Å². The molecule has 1 aromatic rings. The first kappa shape index (κ1) is 13.3. The molecule has 0 radical (unpaired) electrons. The minimum Gasteiger partial charge on any atom is -0.393 e. The van der Waals surface area contributed by atoms with Crippen LogP contribution in [0.4, 0.5) is 5.82 Å². The van der Waals surface area contributed by atoms with Gasteiger partial charge in [0.2, 0.25) is 0 Å². The molecule has 1 aromatic heterocycles. The van der Waals surface area contributed by atoms with Crippen LogP contribution in [0.5, 0.6) is 0 Å². The van der Waals surface area contributed by atoms with E-state index in [9.17, 15) is 5.11 Å². The number of nitrogens with two attached hydrogens (primary N) is 1. The minimum atomic E-state index is -0.202. The topological polar surface area (TPSA) is 62.4 Å². The van der Waals surface area contributed by atoms with Gasteiger partial charge in [0.15, 0.2) is 0 Å². The summed E-state index contributed by atoms with van der Waals surface area (Å²) in [7, 11) is 0. The molecule has 2 heterocycles. The van der Waals surface area contributed by atoms with E-state index in [2.05, 4.69) is 16.8 Å². The average Bonchev–Trinajstić information content (AvgIpc) is 2.38. The van der Waals surface area contributed by atoms with Gasteiger partial charge in [0.1, 0.15) is 5.82 Å². The van der Waals surface area contributed by atoms with Gasteiger partial charge in [-0.1, -0.05) is 0 Å². The van der Waals surface area contributed by atoms with Crippen LogP contribution in [0.3, 0.4) is 0 Å². The number of aromatic nitrogens is 1. The Labute approximate surface area is 109 Å². The summed E-state index contributed by atoms with van der Waals surface area (Å²) in [5.74, 6) is 1.45. The fourth-order valence-electron chi connectivity index (χ4n) is 2.69. The second-order valence-corrected chi connectivity index (χ2v) is 5.20. The Balaban J connectivity index is 2.12. The molecule has 1 aliphatic heterocycles. The maximum absolute atomic E-state index is 9.62. The van der Waals surface area contributed by atoms with Crippen molar-refractivity contribution in [2.45, 2.75) is 39.3 Å². The third kappa shape index (κ3) is 2.65. The molecule has 0 spiro atoms. The second-order valence-electron chi connectivity index (χ2n) is 5.20. The van der Waals surface area contributed by atoms with Gasteiger partial charge in [-0.15, -0.1) is 0 Å². The number of anilines is 1. The van der Waals surface area contributed by atoms with Crippen LogP contribution in [0, 0.1) is 12.8 Å². The molecule has 0 amide bonds. The van der Waals surface area contributed by atoms with Gasteiger partial charge in [0.05, 0.1) is 6.10 Å². The van der Waals surface area contributed by atoms with Gasteiger partial charge in [0, 0.05) is 31.4 Å². The Morgan fingerprint density at radius 3 is 2.72 bits per heavy atom. The van der Waals surface area contributed by atoms with Crippen LogP contribution in [-0.4, -0.2) is 29.3 Å². The van der Waals surface area contributed by atoms with Gasteiger partial charge in [-0.3, -0.25) is 0 Å². The lowest BCUT2D eigenvalue weighted by molar-refractivity contribution is 0.109. The number of rotatable bonds is 3. The van der Waals surface area contributed by atoms with Crippen LogP contribution in [0.15, 0.2) is 12.3 Å². The lowest BCUT2D eigenvalue weighted by atomic mass is 9.92. The van der Waals surface area contributed by atoms with Crippen molar-refractivity contribution in [2.75, 3.05) is 18.0 Å². The van der Waals surface area contributed by atoms with Gasteiger partial charge in [-0.25, -0.2) is 4.98 Å². The Morgan fingerprint density at radius 2 is 2.17 bits per heavy atom. The third-order valence-electron chi connectivity index (χ3n) is 3.99. The Kier molecular flexibility index (Phi) is 4.19. The molecule has 2 rings (SSSR count). The predicted octanol–water partition coefficient (Wildman–Crippen LogP) is 1.45. The van der Waals surface area contributed by atoms with Crippen molar-refractivity contribution in [3.63, 3.8) is 0 Å². The third-order valence-corrected chi connectivity index (χ3v) is 3.99. The molecule has 1 unspecified atom stereocenters. The zero-order chi connectivity index (χ0) is 13.1. The summed E-state index contributed by atoms with van der Waals surface area (Å²) in [6, 6.07) is 2.01. The van der Waals surface area contributed by atoms with Crippen molar-refractivity contribution in [1.29, 1.82) is 0 Å². The fourth-order valence-corrected chi connectivity index (χ4v) is 2.69. The number of hydrogen-bond acceptors (Lipinski definition) is 4. The van der Waals surface area contributed by atoms with Crippen LogP contribution >= 0.6 is 0 Å². The van der Waals surface area contributed by atoms with Gasteiger partial charge >= 0.3 is 0 Å². The summed E-state index contributed by atoms with van der Waals surface area (Å²) in [4.78, 5) is 6.79. The molecule has 1 fully saturated rings. The summed E-state index contributed by atoms with van der Waals surface area (Å²) in [5.41, 5.74) is 8.18. The van der Waals surface area contributed by atoms with E-state index in [1.807, 2.05) is 19.2 Å². The van der Waals surface area contributed by atoms with Crippen LogP contribution in [0.2, 0.25) is 0 Å². The summed E-state index contributed by atoms with van der Waals surface area (Å²) in [6.45, 7) is 6.41. The van der Waals surface area contributed by atoms with E-state index >= 15 is 0 Å². The predicted molar refractivity (Wildman–Crippen MR) is 73.5 cm³/mol. The van der Waals surface area contributed by atoms with E-state index in [0.29, 0.717) is 12.5 Å². The van der Waals surface area contributed by atoms with Crippen LogP contribution < -0.4 is 10.6 Å². The monoisotopic (exact) mass is 249 g/mol. The standard InChI is InChI=1S/C14H23N3O/c1-10-3-6-16-14(13(10)9-15)17-7-4-12(5-8-17)11(2)18/h3,6,11-12,18H,4-5,7-9,15H2,1-2H3. The number of aryl methyl sites for hydroxylation is 1. The fraction of sp³-hybridized carbons (Fsp3) is 0.643. The molecule has 0 aliphatic carbocycles. The molecule has 4 heteroatoms. The maximum Gasteiger partial charge on any atom is 0.133 e. The van der Waals surface area contributed by atoms with Gasteiger partial charge in [-0.2, -0.15) is 0 Å². The molecule has 1 atom stereocenters. The van der Waals surface area contributed by atoms with E-state index in [0.717, 1.165) is 37.3 Å². The lowest BCUT2D eigenvalue weighted by Gasteiger charge is -2.35. The molecule has 1 aliphatic rings. The first-order valence-electron chi connectivity index (χ1n) is 6.71. The Morgan fingerprint density at radius 1 is 1.50 bits per heavy atom. The van der Waals surface area contributed by atoms with Crippen molar-refractivity contribution in [3.8, 4) is 0 Å². The van der Waals surface area contributed by atoms with E-state index in [1.54, 1.807) is 0 Å². The molecule has 0 bridgehead atoms. The number of pyridine rings is 1. The van der Waals surface area contributed by atoms with Gasteiger partial charge in [0.25, 0.3) is 0 Å². The zero-order valence-corrected chi connectivity index (χ0v) is 11.3. The normalized spacial score (nSPS) is 19.0. The van der Waals surface area contributed by atoms with Crippen molar-refractivity contribution in [3.05, 3.63) is 23.4 Å². The minimum absolute atomic E-state index is 0.202. The molecule has 3 N–H and O–H groups in total. The number of aliphatic hydroxyl groups excluding tert-OH is 1. The maximum atomic E-state index is 9.62. The Bertz CT molecular complexity index is 398. The van der Waals surface area contributed by atoms with Crippen molar-refractivity contribution in [2.24, 2.45) is 11.7 Å². The van der Waals surface area contributed by atoms with E-state index in [1.165, 1.54) is 5.56 Å². The van der Waals surface area contributed by atoms with E-state index < -0.39 is 0 Å². The largest absolute Gasteiger partial charge is 0.393 e. The number of piperidine rings is 1. The molecular weight excluding hydrogens is 226 g/mol. The van der Waals surface area contributed by atoms with Gasteiger partial charge < -0.3 is 15.7 Å².